The number of carbonyl (C=O) groups is 1. The summed E-state index contributed by atoms with van der Waals surface area (Å²) in [5.41, 5.74) is 3.90. The molecule has 0 aliphatic carbocycles. The van der Waals surface area contributed by atoms with E-state index in [4.69, 9.17) is 0 Å². The van der Waals surface area contributed by atoms with E-state index in [0.717, 1.165) is 11.3 Å². The molecular weight excluding hydrogens is 586 g/mol. The summed E-state index contributed by atoms with van der Waals surface area (Å²) in [6, 6.07) is 22.0. The average Bonchev–Trinajstić information content (AvgIpc) is 3.59. The first-order chi connectivity index (χ1) is 20.6. The molecule has 1 saturated heterocycles. The van der Waals surface area contributed by atoms with Crippen LogP contribution in [0.3, 0.4) is 0 Å². The van der Waals surface area contributed by atoms with Crippen molar-refractivity contribution in [2.75, 3.05) is 11.4 Å². The predicted molar refractivity (Wildman–Crippen MR) is 166 cm³/mol. The molecule has 0 unspecified atom stereocenters. The van der Waals surface area contributed by atoms with E-state index in [-0.39, 0.29) is 10.9 Å². The van der Waals surface area contributed by atoms with Gasteiger partial charge in [-0.3, -0.25) is 4.79 Å². The van der Waals surface area contributed by atoms with Crippen molar-refractivity contribution >= 4 is 43.9 Å². The minimum atomic E-state index is -4.19. The Balaban J connectivity index is 1.65. The van der Waals surface area contributed by atoms with Crippen molar-refractivity contribution in [2.24, 2.45) is 5.92 Å². The van der Waals surface area contributed by atoms with Crippen LogP contribution >= 0.6 is 11.3 Å². The Labute approximate surface area is 253 Å². The molecule has 218 valence electrons. The molecule has 1 fully saturated rings. The van der Waals surface area contributed by atoms with Crippen LogP contribution in [0.1, 0.15) is 30.2 Å². The predicted octanol–water partition coefficient (Wildman–Crippen LogP) is 7.28. The number of halogens is 1. The van der Waals surface area contributed by atoms with E-state index in [0.29, 0.717) is 57.6 Å². The molecule has 1 aliphatic heterocycles. The van der Waals surface area contributed by atoms with Crippen molar-refractivity contribution in [3.05, 3.63) is 94.4 Å². The van der Waals surface area contributed by atoms with E-state index in [1.54, 1.807) is 35.7 Å². The number of piperidine rings is 1. The summed E-state index contributed by atoms with van der Waals surface area (Å²) in [4.78, 5) is 14.2. The summed E-state index contributed by atoms with van der Waals surface area (Å²) in [5.74, 6) is -1.74. The number of carboxylic acid groups (broad SMARTS) is 1. The Morgan fingerprint density at radius 3 is 2.56 bits per heavy atom. The number of rotatable bonds is 6. The minimum Gasteiger partial charge on any atom is -0.481 e. The van der Waals surface area contributed by atoms with Gasteiger partial charge in [-0.05, 0) is 80.6 Å². The molecule has 0 saturated carbocycles. The van der Waals surface area contributed by atoms with Gasteiger partial charge in [-0.15, -0.1) is 11.3 Å². The second kappa shape index (κ2) is 11.0. The average molecular weight is 614 g/mol. The Kier molecular flexibility index (Phi) is 7.32. The van der Waals surface area contributed by atoms with Gasteiger partial charge >= 0.3 is 5.97 Å². The van der Waals surface area contributed by atoms with Gasteiger partial charge in [-0.25, -0.2) is 16.8 Å². The molecule has 3 heterocycles. The molecule has 0 amide bonds. The summed E-state index contributed by atoms with van der Waals surface area (Å²) >= 11 is 1.23. The molecule has 0 radical (unpaired) electrons. The number of anilines is 1. The van der Waals surface area contributed by atoms with Crippen molar-refractivity contribution in [1.82, 2.24) is 3.97 Å². The van der Waals surface area contributed by atoms with Crippen LogP contribution in [0.5, 0.6) is 0 Å². The summed E-state index contributed by atoms with van der Waals surface area (Å²) in [6.45, 7) is 4.40. The fourth-order valence-corrected chi connectivity index (χ4v) is 8.28. The normalized spacial score (nSPS) is 17.2. The number of aryl methyl sites for hydroxylation is 1. The van der Waals surface area contributed by atoms with Crippen LogP contribution < -0.4 is 4.90 Å². The second-order valence-corrected chi connectivity index (χ2v) is 13.6. The molecule has 1 N–H and O–H groups in total. The molecule has 5 aromatic rings. The van der Waals surface area contributed by atoms with Crippen molar-refractivity contribution < 1.29 is 22.7 Å². The number of nitriles is 1. The zero-order valence-corrected chi connectivity index (χ0v) is 25.1. The molecule has 2 aromatic heterocycles. The highest BCUT2D eigenvalue weighted by Crippen LogP contribution is 2.46. The van der Waals surface area contributed by atoms with E-state index < -0.39 is 27.7 Å². The Bertz CT molecular complexity index is 2020. The lowest BCUT2D eigenvalue weighted by atomic mass is 9.91. The maximum Gasteiger partial charge on any atom is 0.306 e. The zero-order chi connectivity index (χ0) is 30.5. The molecule has 2 atom stereocenters. The third-order valence-electron chi connectivity index (χ3n) is 8.16. The largest absolute Gasteiger partial charge is 0.481 e. The fourth-order valence-electron chi connectivity index (χ4n) is 6.04. The summed E-state index contributed by atoms with van der Waals surface area (Å²) < 4.78 is 45.0. The van der Waals surface area contributed by atoms with Crippen LogP contribution in [-0.4, -0.2) is 36.1 Å². The highest BCUT2D eigenvalue weighted by molar-refractivity contribution is 7.90. The number of carboxylic acids is 1. The lowest BCUT2D eigenvalue weighted by Gasteiger charge is -2.38. The molecule has 7 nitrogen and oxygen atoms in total. The number of hydrogen-bond donors (Lipinski definition) is 1. The third kappa shape index (κ3) is 4.98. The van der Waals surface area contributed by atoms with E-state index in [1.807, 2.05) is 38.1 Å². The highest BCUT2D eigenvalue weighted by Gasteiger charge is 2.32. The second-order valence-electron chi connectivity index (χ2n) is 10.9. The fraction of sp³-hybridized carbons (Fsp3) is 0.212. The molecule has 6 rings (SSSR count). The number of aliphatic carboxylic acids is 1. The van der Waals surface area contributed by atoms with E-state index in [2.05, 4.69) is 11.0 Å². The van der Waals surface area contributed by atoms with Gasteiger partial charge in [0, 0.05) is 40.4 Å². The standard InChI is InChI=1S/C33H28FN3O4S2/c1-20-6-9-26(10-7-20)43(40,41)37-29-11-8-24(34)18-28(29)31(27-13-15-42-30(27)19-35)32(37)22-4-3-5-25(17-22)36-14-12-23(33(38)39)16-21(36)2/h3-11,13,15,17-18,21,23H,12,14,16H2,1-2H3,(H,38,39)/t21-,23-/m1/s1. The van der Waals surface area contributed by atoms with E-state index in [9.17, 15) is 28.0 Å². The maximum atomic E-state index is 14.8. The van der Waals surface area contributed by atoms with Gasteiger partial charge in [0.05, 0.1) is 22.0 Å². The first-order valence-electron chi connectivity index (χ1n) is 13.8. The lowest BCUT2D eigenvalue weighted by molar-refractivity contribution is -0.142. The van der Waals surface area contributed by atoms with E-state index in [1.165, 1.54) is 33.5 Å². The molecule has 0 spiro atoms. The van der Waals surface area contributed by atoms with Gasteiger partial charge in [0.15, 0.2) is 0 Å². The van der Waals surface area contributed by atoms with Gasteiger partial charge in [0.2, 0.25) is 0 Å². The quantitative estimate of drug-likeness (QED) is 0.216. The van der Waals surface area contributed by atoms with Gasteiger partial charge in [-0.2, -0.15) is 5.26 Å². The molecule has 43 heavy (non-hydrogen) atoms. The van der Waals surface area contributed by atoms with Crippen molar-refractivity contribution in [3.8, 4) is 28.5 Å². The first-order valence-corrected chi connectivity index (χ1v) is 16.2. The zero-order valence-electron chi connectivity index (χ0n) is 23.5. The molecule has 10 heteroatoms. The van der Waals surface area contributed by atoms with Gasteiger partial charge in [0.25, 0.3) is 10.0 Å². The van der Waals surface area contributed by atoms with Crippen LogP contribution in [0.25, 0.3) is 33.3 Å². The van der Waals surface area contributed by atoms with Crippen molar-refractivity contribution in [3.63, 3.8) is 0 Å². The van der Waals surface area contributed by atoms with E-state index >= 15 is 0 Å². The number of benzene rings is 3. The molecule has 3 aromatic carbocycles. The van der Waals surface area contributed by atoms with Gasteiger partial charge < -0.3 is 10.0 Å². The minimum absolute atomic E-state index is 0.0529. The van der Waals surface area contributed by atoms with Crippen molar-refractivity contribution in [2.45, 2.75) is 37.6 Å². The van der Waals surface area contributed by atoms with Crippen molar-refractivity contribution in [1.29, 1.82) is 5.26 Å². The SMILES string of the molecule is Cc1ccc(S(=O)(=O)n2c(-c3cccc(N4CC[C@@H](C(=O)O)C[C@H]4C)c3)c(-c3ccsc3C#N)c3cc(F)ccc32)cc1. The topological polar surface area (TPSA) is 103 Å². The summed E-state index contributed by atoms with van der Waals surface area (Å²) in [5, 5.41) is 21.6. The van der Waals surface area contributed by atoms with Gasteiger partial charge in [-0.1, -0.05) is 29.8 Å². The number of aromatic nitrogens is 1. The Hall–Kier alpha value is -4.46. The third-order valence-corrected chi connectivity index (χ3v) is 10.7. The van der Waals surface area contributed by atoms with Crippen LogP contribution in [0, 0.1) is 30.0 Å². The molecule has 0 bridgehead atoms. The van der Waals surface area contributed by atoms with Gasteiger partial charge in [0.1, 0.15) is 16.8 Å². The van der Waals surface area contributed by atoms with Crippen LogP contribution in [0.4, 0.5) is 10.1 Å². The monoisotopic (exact) mass is 613 g/mol. The smallest absolute Gasteiger partial charge is 0.306 e. The van der Waals surface area contributed by atoms with Crippen LogP contribution in [0.15, 0.2) is 83.1 Å². The summed E-state index contributed by atoms with van der Waals surface area (Å²) in [7, 11) is -4.19. The van der Waals surface area contributed by atoms with Crippen LogP contribution in [-0.2, 0) is 14.8 Å². The Morgan fingerprint density at radius 1 is 1.09 bits per heavy atom. The molecular formula is C33H28FN3O4S2. The number of nitrogens with zero attached hydrogens (tertiary/aromatic N) is 3. The highest BCUT2D eigenvalue weighted by atomic mass is 32.2. The molecule has 1 aliphatic rings. The number of fused-ring (bicyclic) bond motifs is 1. The number of thiophene rings is 1. The summed E-state index contributed by atoms with van der Waals surface area (Å²) in [6.07, 6.45) is 0.990. The Morgan fingerprint density at radius 2 is 1.86 bits per heavy atom. The van der Waals surface area contributed by atoms with Crippen LogP contribution in [0.2, 0.25) is 0 Å². The first kappa shape index (κ1) is 28.6. The lowest BCUT2D eigenvalue weighted by Crippen LogP contribution is -2.42. The number of hydrogen-bond acceptors (Lipinski definition) is 6. The maximum absolute atomic E-state index is 14.8.